The molecular weight excluding hydrogens is 570 g/mol. The molecule has 1 aromatic heterocycles. The Morgan fingerprint density at radius 2 is 1.67 bits per heavy atom. The van der Waals surface area contributed by atoms with Crippen molar-refractivity contribution in [1.82, 2.24) is 5.32 Å². The molecule has 3 aromatic rings. The van der Waals surface area contributed by atoms with Crippen LogP contribution in [0.5, 0.6) is 0 Å². The lowest BCUT2D eigenvalue weighted by atomic mass is 9.95. The maximum absolute atomic E-state index is 13.6. The molecule has 0 saturated heterocycles. The number of aryl methyl sites for hydroxylation is 3. The van der Waals surface area contributed by atoms with Gasteiger partial charge in [0, 0.05) is 37.9 Å². The van der Waals surface area contributed by atoms with Crippen LogP contribution in [-0.4, -0.2) is 43.0 Å². The fraction of sp³-hybridized carbons (Fsp3) is 0.375. The zero-order chi connectivity index (χ0) is 31.4. The molecule has 0 aliphatic carbocycles. The van der Waals surface area contributed by atoms with E-state index in [2.05, 4.69) is 5.32 Å². The van der Waals surface area contributed by atoms with E-state index in [9.17, 15) is 33.1 Å². The second kappa shape index (κ2) is 15.9. The van der Waals surface area contributed by atoms with Crippen LogP contribution in [0.15, 0.2) is 72.9 Å². The van der Waals surface area contributed by atoms with Crippen LogP contribution >= 0.6 is 0 Å². The van der Waals surface area contributed by atoms with E-state index >= 15 is 0 Å². The summed E-state index contributed by atoms with van der Waals surface area (Å²) in [7, 11) is -3.77. The number of pyridine rings is 1. The van der Waals surface area contributed by atoms with Crippen molar-refractivity contribution in [3.63, 3.8) is 0 Å². The summed E-state index contributed by atoms with van der Waals surface area (Å²) in [5.41, 5.74) is 9.59. The minimum Gasteiger partial charge on any atom is -0.619 e. The molecule has 0 saturated carbocycles. The van der Waals surface area contributed by atoms with E-state index in [0.29, 0.717) is 29.0 Å². The van der Waals surface area contributed by atoms with Crippen molar-refractivity contribution < 1.29 is 32.6 Å². The zero-order valence-electron chi connectivity index (χ0n) is 24.3. The summed E-state index contributed by atoms with van der Waals surface area (Å²) in [5.74, 6) is -4.00. The largest absolute Gasteiger partial charge is 0.619 e. The summed E-state index contributed by atoms with van der Waals surface area (Å²) in [4.78, 5) is 38.3. The van der Waals surface area contributed by atoms with Crippen LogP contribution < -0.4 is 15.8 Å². The molecule has 4 N–H and O–H groups in total. The number of aliphatic carboxylic acids is 1. The minimum absolute atomic E-state index is 0.0368. The van der Waals surface area contributed by atoms with E-state index in [0.717, 1.165) is 16.7 Å². The summed E-state index contributed by atoms with van der Waals surface area (Å²) >= 11 is 0. The number of hydrogen-bond donors (Lipinski definition) is 3. The first-order valence-electron chi connectivity index (χ1n) is 14.2. The van der Waals surface area contributed by atoms with Crippen molar-refractivity contribution in [2.75, 3.05) is 5.75 Å². The predicted octanol–water partition coefficient (Wildman–Crippen LogP) is 2.80. The number of nitrogens with zero attached hydrogens (tertiary/aromatic N) is 1. The summed E-state index contributed by atoms with van der Waals surface area (Å²) in [6, 6.07) is 18.1. The molecule has 0 radical (unpaired) electrons. The van der Waals surface area contributed by atoms with E-state index in [1.807, 2.05) is 25.1 Å². The number of carbonyl (C=O) groups excluding carboxylic acids is 2. The second-order valence-corrected chi connectivity index (χ2v) is 12.8. The highest BCUT2D eigenvalue weighted by Gasteiger charge is 2.30. The number of carbonyl (C=O) groups is 3. The van der Waals surface area contributed by atoms with E-state index in [1.165, 1.54) is 6.20 Å². The Kier molecular flexibility index (Phi) is 12.4. The van der Waals surface area contributed by atoms with Crippen LogP contribution in [0.1, 0.15) is 53.6 Å². The summed E-state index contributed by atoms with van der Waals surface area (Å²) in [6.45, 7) is 2.23. The van der Waals surface area contributed by atoms with E-state index in [1.54, 1.807) is 48.5 Å². The Bertz CT molecular complexity index is 1510. The Balaban J connectivity index is 1.79. The topological polar surface area (TPSA) is 171 Å². The number of benzene rings is 2. The van der Waals surface area contributed by atoms with Gasteiger partial charge in [-0.05, 0) is 42.9 Å². The number of hydrogen-bond acceptors (Lipinski definition) is 7. The van der Waals surface area contributed by atoms with E-state index in [-0.39, 0.29) is 43.6 Å². The van der Waals surface area contributed by atoms with Crippen LogP contribution in [-0.2, 0) is 49.4 Å². The van der Waals surface area contributed by atoms with Crippen LogP contribution in [0.3, 0.4) is 0 Å². The maximum atomic E-state index is 13.6. The van der Waals surface area contributed by atoms with Crippen molar-refractivity contribution in [3.8, 4) is 0 Å². The number of nitrogens with two attached hydrogens (primary N) is 1. The Hall–Kier alpha value is -4.09. The number of carboxylic acids is 1. The lowest BCUT2D eigenvalue weighted by molar-refractivity contribution is -0.614. The lowest BCUT2D eigenvalue weighted by Crippen LogP contribution is -2.46. The number of nitrogens with one attached hydrogen (secondary N) is 1. The van der Waals surface area contributed by atoms with Gasteiger partial charge < -0.3 is 21.4 Å². The van der Waals surface area contributed by atoms with Crippen molar-refractivity contribution in [2.24, 2.45) is 11.7 Å². The number of Topliss-reactive ketones (excluding diaryl/α,β-unsaturated/α-hetero) is 1. The first kappa shape index (κ1) is 33.4. The van der Waals surface area contributed by atoms with Gasteiger partial charge in [-0.25, -0.2) is 8.42 Å². The molecule has 0 spiro atoms. The van der Waals surface area contributed by atoms with Gasteiger partial charge in [-0.2, -0.15) is 4.73 Å². The minimum atomic E-state index is -3.77. The number of rotatable bonds is 17. The third-order valence-corrected chi connectivity index (χ3v) is 8.97. The molecule has 0 bridgehead atoms. The molecule has 230 valence electrons. The second-order valence-electron chi connectivity index (χ2n) is 10.7. The molecule has 43 heavy (non-hydrogen) atoms. The molecule has 1 amide bonds. The highest BCUT2D eigenvalue weighted by Crippen LogP contribution is 2.18. The highest BCUT2D eigenvalue weighted by atomic mass is 32.2. The van der Waals surface area contributed by atoms with Gasteiger partial charge in [-0.1, -0.05) is 60.2 Å². The van der Waals surface area contributed by atoms with Crippen molar-refractivity contribution in [3.05, 3.63) is 106 Å². The molecule has 10 nitrogen and oxygen atoms in total. The first-order chi connectivity index (χ1) is 20.5. The number of carboxylic acid groups (broad SMARTS) is 1. The number of ketones is 1. The molecule has 0 aliphatic heterocycles. The van der Waals surface area contributed by atoms with Gasteiger partial charge in [-0.15, -0.1) is 0 Å². The van der Waals surface area contributed by atoms with Crippen molar-refractivity contribution in [1.29, 1.82) is 0 Å². The normalized spacial score (nSPS) is 12.8. The fourth-order valence-electron chi connectivity index (χ4n) is 4.95. The molecule has 2 aromatic carbocycles. The third kappa shape index (κ3) is 10.9. The van der Waals surface area contributed by atoms with Gasteiger partial charge in [0.15, 0.2) is 27.5 Å². The van der Waals surface area contributed by atoms with Crippen LogP contribution in [0, 0.1) is 18.0 Å². The van der Waals surface area contributed by atoms with Gasteiger partial charge in [0.05, 0.1) is 23.5 Å². The van der Waals surface area contributed by atoms with Gasteiger partial charge in [0.2, 0.25) is 5.91 Å². The van der Waals surface area contributed by atoms with Crippen LogP contribution in [0.4, 0.5) is 0 Å². The van der Waals surface area contributed by atoms with Gasteiger partial charge in [-0.3, -0.25) is 14.4 Å². The van der Waals surface area contributed by atoms with Crippen molar-refractivity contribution in [2.45, 2.75) is 63.8 Å². The van der Waals surface area contributed by atoms with E-state index in [4.69, 9.17) is 5.73 Å². The molecule has 0 fully saturated rings. The standard InChI is InChI=1S/C32H39N3O7S/c1-23-10-11-26(20-33)25(19-23)13-16-30(36)29(15-17-31(37)38)34-32(39)27(12-14-28-9-5-6-18-35(28)40)22-43(41,42)21-24-7-3-2-4-8-24/h2-11,18-19,27,29H,12-17,20-22,33H2,1H3,(H,34,39)(H,37,38)/t27?,29-/m0/s1. The Morgan fingerprint density at radius 3 is 2.35 bits per heavy atom. The molecule has 0 aliphatic rings. The Morgan fingerprint density at radius 1 is 0.953 bits per heavy atom. The number of sulfone groups is 1. The van der Waals surface area contributed by atoms with Crippen LogP contribution in [0.2, 0.25) is 0 Å². The number of amides is 1. The monoisotopic (exact) mass is 609 g/mol. The zero-order valence-corrected chi connectivity index (χ0v) is 25.1. The fourth-order valence-corrected chi connectivity index (χ4v) is 6.70. The SMILES string of the molecule is Cc1ccc(CN)c(CCC(=O)[C@H](CCC(=O)O)NC(=O)C(CCc2cccc[n+]2[O-])CS(=O)(=O)Cc2ccccc2)c1. The van der Waals surface area contributed by atoms with Gasteiger partial charge in [0.25, 0.3) is 0 Å². The molecular formula is C32H39N3O7S. The lowest BCUT2D eigenvalue weighted by Gasteiger charge is -2.22. The molecule has 3 rings (SSSR count). The Labute approximate surface area is 252 Å². The van der Waals surface area contributed by atoms with Crippen molar-refractivity contribution >= 4 is 27.5 Å². The van der Waals surface area contributed by atoms with E-state index < -0.39 is 39.4 Å². The smallest absolute Gasteiger partial charge is 0.303 e. The first-order valence-corrected chi connectivity index (χ1v) is 16.0. The highest BCUT2D eigenvalue weighted by molar-refractivity contribution is 7.90. The van der Waals surface area contributed by atoms with Gasteiger partial charge >= 0.3 is 5.97 Å². The van der Waals surface area contributed by atoms with Gasteiger partial charge in [0.1, 0.15) is 0 Å². The quantitative estimate of drug-likeness (QED) is 0.155. The third-order valence-electron chi connectivity index (χ3n) is 7.28. The average Bonchev–Trinajstić information content (AvgIpc) is 2.97. The molecule has 2 atom stereocenters. The predicted molar refractivity (Wildman–Crippen MR) is 162 cm³/mol. The van der Waals surface area contributed by atoms with Crippen LogP contribution in [0.25, 0.3) is 0 Å². The number of aromatic nitrogens is 1. The summed E-state index contributed by atoms with van der Waals surface area (Å²) in [5, 5.41) is 24.1. The molecule has 1 unspecified atom stereocenters. The molecule has 11 heteroatoms. The summed E-state index contributed by atoms with van der Waals surface area (Å²) < 4.78 is 27.0. The summed E-state index contributed by atoms with van der Waals surface area (Å²) in [6.07, 6.45) is 1.40. The average molecular weight is 610 g/mol. The maximum Gasteiger partial charge on any atom is 0.303 e. The molecule has 1 heterocycles.